The van der Waals surface area contributed by atoms with Gasteiger partial charge in [-0.3, -0.25) is 9.69 Å². The highest BCUT2D eigenvalue weighted by Crippen LogP contribution is 2.40. The number of amides is 1. The number of hydrogen-bond donors (Lipinski definition) is 0. The summed E-state index contributed by atoms with van der Waals surface area (Å²) >= 11 is 4.89. The Morgan fingerprint density at radius 3 is 2.52 bits per heavy atom. The number of amidine groups is 1. The van der Waals surface area contributed by atoms with Crippen LogP contribution in [0, 0.1) is 0 Å². The van der Waals surface area contributed by atoms with Crippen LogP contribution in [0.5, 0.6) is 11.5 Å². The number of esters is 1. The van der Waals surface area contributed by atoms with E-state index in [1.165, 1.54) is 23.8 Å². The first-order valence-corrected chi connectivity index (χ1v) is 13.9. The van der Waals surface area contributed by atoms with Crippen molar-refractivity contribution in [3.05, 3.63) is 105 Å². The van der Waals surface area contributed by atoms with E-state index in [2.05, 4.69) is 39.1 Å². The Balaban J connectivity index is 1.36. The lowest BCUT2D eigenvalue weighted by Crippen LogP contribution is -2.23. The summed E-state index contributed by atoms with van der Waals surface area (Å²) < 4.78 is 17.3. The van der Waals surface area contributed by atoms with Crippen LogP contribution in [0.2, 0.25) is 0 Å². The molecule has 9 heteroatoms. The van der Waals surface area contributed by atoms with Crippen molar-refractivity contribution in [1.82, 2.24) is 4.90 Å². The van der Waals surface area contributed by atoms with Gasteiger partial charge in [-0.1, -0.05) is 42.5 Å². The number of thioether (sulfide) groups is 1. The van der Waals surface area contributed by atoms with Gasteiger partial charge in [0.2, 0.25) is 0 Å². The number of halogens is 1. The first-order valence-electron chi connectivity index (χ1n) is 12.3. The van der Waals surface area contributed by atoms with E-state index in [4.69, 9.17) is 14.2 Å². The molecule has 0 spiro atoms. The number of benzene rings is 4. The summed E-state index contributed by atoms with van der Waals surface area (Å²) in [4.78, 5) is 31.3. The molecular weight excluding hydrogens is 592 g/mol. The lowest BCUT2D eigenvalue weighted by molar-refractivity contribution is -0.121. The van der Waals surface area contributed by atoms with Gasteiger partial charge in [0.05, 0.1) is 34.8 Å². The Hall–Kier alpha value is -4.08. The van der Waals surface area contributed by atoms with Crippen molar-refractivity contribution >= 4 is 67.3 Å². The second-order valence-electron chi connectivity index (χ2n) is 8.87. The van der Waals surface area contributed by atoms with Crippen molar-refractivity contribution < 1.29 is 23.8 Å². The predicted molar refractivity (Wildman–Crippen MR) is 162 cm³/mol. The minimum atomic E-state index is -0.418. The fraction of sp³-hybridized carbons (Fsp3) is 0.129. The molecule has 1 heterocycles. The van der Waals surface area contributed by atoms with E-state index < -0.39 is 5.97 Å². The number of carbonyl (C=O) groups excluding carboxylic acids is 2. The Bertz CT molecular complexity index is 1660. The number of likely N-dealkylation sites (N-methyl/N-ethyl adjacent to an activating group) is 1. The summed E-state index contributed by atoms with van der Waals surface area (Å²) in [6, 6.07) is 24.8. The van der Waals surface area contributed by atoms with Crippen molar-refractivity contribution in [3.8, 4) is 11.5 Å². The molecule has 1 aliphatic heterocycles. The third-order valence-corrected chi connectivity index (χ3v) is 7.97. The van der Waals surface area contributed by atoms with E-state index >= 15 is 0 Å². The van der Waals surface area contributed by atoms with Gasteiger partial charge in [-0.05, 0) is 92.1 Å². The van der Waals surface area contributed by atoms with Crippen LogP contribution in [-0.2, 0) is 16.1 Å². The van der Waals surface area contributed by atoms with Crippen LogP contribution >= 0.6 is 27.7 Å². The van der Waals surface area contributed by atoms with Crippen LogP contribution < -0.4 is 9.47 Å². The molecule has 0 bridgehead atoms. The first-order chi connectivity index (χ1) is 19.4. The second-order valence-corrected chi connectivity index (χ2v) is 10.7. The van der Waals surface area contributed by atoms with Crippen molar-refractivity contribution in [2.45, 2.75) is 6.61 Å². The van der Waals surface area contributed by atoms with Crippen LogP contribution in [0.3, 0.4) is 0 Å². The van der Waals surface area contributed by atoms with Crippen molar-refractivity contribution in [1.29, 1.82) is 0 Å². The molecule has 0 radical (unpaired) electrons. The molecule has 5 rings (SSSR count). The highest BCUT2D eigenvalue weighted by atomic mass is 79.9. The number of hydrogen-bond acceptors (Lipinski definition) is 7. The molecule has 0 atom stereocenters. The minimum absolute atomic E-state index is 0.165. The molecular formula is C31H25BrN2O5S. The lowest BCUT2D eigenvalue weighted by atomic mass is 10.1. The van der Waals surface area contributed by atoms with Crippen molar-refractivity contribution in [2.24, 2.45) is 4.99 Å². The average molecular weight is 618 g/mol. The minimum Gasteiger partial charge on any atom is -0.493 e. The largest absolute Gasteiger partial charge is 0.493 e. The van der Waals surface area contributed by atoms with Gasteiger partial charge in [-0.25, -0.2) is 9.79 Å². The summed E-state index contributed by atoms with van der Waals surface area (Å²) in [7, 11) is 4.60. The fourth-order valence-corrected chi connectivity index (χ4v) is 5.80. The molecule has 40 heavy (non-hydrogen) atoms. The number of ether oxygens (including phenoxy) is 3. The maximum atomic E-state index is 13.0. The summed E-state index contributed by atoms with van der Waals surface area (Å²) in [5, 5.41) is 2.82. The molecule has 0 aliphatic carbocycles. The average Bonchev–Trinajstić information content (AvgIpc) is 3.23. The zero-order chi connectivity index (χ0) is 28.2. The Morgan fingerprint density at radius 1 is 1.02 bits per heavy atom. The maximum Gasteiger partial charge on any atom is 0.337 e. The van der Waals surface area contributed by atoms with Crippen LogP contribution in [0.4, 0.5) is 5.69 Å². The predicted octanol–water partition coefficient (Wildman–Crippen LogP) is 7.21. The van der Waals surface area contributed by atoms with E-state index in [1.54, 1.807) is 44.5 Å². The summed E-state index contributed by atoms with van der Waals surface area (Å²) in [5.74, 6) is 0.544. The summed E-state index contributed by atoms with van der Waals surface area (Å²) in [5.41, 5.74) is 2.89. The van der Waals surface area contributed by atoms with Gasteiger partial charge in [-0.2, -0.15) is 0 Å². The molecule has 4 aromatic rings. The maximum absolute atomic E-state index is 13.0. The van der Waals surface area contributed by atoms with Gasteiger partial charge in [0.1, 0.15) is 6.61 Å². The molecule has 0 unspecified atom stereocenters. The highest BCUT2D eigenvalue weighted by Gasteiger charge is 2.30. The topological polar surface area (TPSA) is 77.4 Å². The third-order valence-electron chi connectivity index (χ3n) is 6.32. The number of rotatable bonds is 7. The number of carbonyl (C=O) groups is 2. The quantitative estimate of drug-likeness (QED) is 0.161. The molecule has 0 saturated carbocycles. The molecule has 1 fully saturated rings. The van der Waals surface area contributed by atoms with E-state index in [0.717, 1.165) is 21.9 Å². The monoisotopic (exact) mass is 616 g/mol. The van der Waals surface area contributed by atoms with Gasteiger partial charge in [0.15, 0.2) is 16.7 Å². The Morgan fingerprint density at radius 2 is 1.77 bits per heavy atom. The molecule has 1 aliphatic rings. The number of fused-ring (bicyclic) bond motifs is 1. The molecule has 202 valence electrons. The summed E-state index contributed by atoms with van der Waals surface area (Å²) in [6.07, 6.45) is 1.80. The molecule has 1 saturated heterocycles. The summed E-state index contributed by atoms with van der Waals surface area (Å²) in [6.45, 7) is 0.371. The molecule has 0 N–H and O–H groups in total. The van der Waals surface area contributed by atoms with E-state index in [1.807, 2.05) is 36.4 Å². The standard InChI is InChI=1S/C31H25BrN2O5S/c1-34-29(35)27(40-31(34)33-23-13-11-21(12-14-23)30(36)38-3)17-19-15-25(32)28(26(16-19)37-2)39-18-22-9-6-8-20-7-4-5-10-24(20)22/h4-17H,18H2,1-3H3/b27-17-,33-31?. The first kappa shape index (κ1) is 27.5. The smallest absolute Gasteiger partial charge is 0.337 e. The normalized spacial score (nSPS) is 15.2. The lowest BCUT2D eigenvalue weighted by Gasteiger charge is -2.15. The Kier molecular flexibility index (Phi) is 8.23. The van der Waals surface area contributed by atoms with Gasteiger partial charge in [0, 0.05) is 7.05 Å². The van der Waals surface area contributed by atoms with Crippen LogP contribution in [-0.4, -0.2) is 43.2 Å². The number of aliphatic imine (C=N–C) groups is 1. The highest BCUT2D eigenvalue weighted by molar-refractivity contribution is 9.10. The molecule has 4 aromatic carbocycles. The molecule has 0 aromatic heterocycles. The van der Waals surface area contributed by atoms with Crippen molar-refractivity contribution in [2.75, 3.05) is 21.3 Å². The van der Waals surface area contributed by atoms with E-state index in [0.29, 0.717) is 43.9 Å². The fourth-order valence-electron chi connectivity index (χ4n) is 4.23. The van der Waals surface area contributed by atoms with Gasteiger partial charge < -0.3 is 14.2 Å². The number of nitrogens with zero attached hydrogens (tertiary/aromatic N) is 2. The van der Waals surface area contributed by atoms with Crippen LogP contribution in [0.1, 0.15) is 21.5 Å². The van der Waals surface area contributed by atoms with E-state index in [9.17, 15) is 9.59 Å². The number of methoxy groups -OCH3 is 2. The van der Waals surface area contributed by atoms with Gasteiger partial charge in [-0.15, -0.1) is 0 Å². The molecule has 7 nitrogen and oxygen atoms in total. The Labute approximate surface area is 244 Å². The van der Waals surface area contributed by atoms with Gasteiger partial charge in [0.25, 0.3) is 5.91 Å². The zero-order valence-corrected chi connectivity index (χ0v) is 24.4. The second kappa shape index (κ2) is 12.0. The molecule has 1 amide bonds. The van der Waals surface area contributed by atoms with E-state index in [-0.39, 0.29) is 5.91 Å². The van der Waals surface area contributed by atoms with Crippen LogP contribution in [0.15, 0.2) is 93.2 Å². The van der Waals surface area contributed by atoms with Gasteiger partial charge >= 0.3 is 5.97 Å². The third kappa shape index (κ3) is 5.76. The van der Waals surface area contributed by atoms with Crippen LogP contribution in [0.25, 0.3) is 16.8 Å². The SMILES string of the molecule is COC(=O)c1ccc(N=C2S/C(=C\c3cc(Br)c(OCc4cccc5ccccc45)c(OC)c3)C(=O)N2C)cc1. The zero-order valence-electron chi connectivity index (χ0n) is 22.0. The van der Waals surface area contributed by atoms with Crippen molar-refractivity contribution in [3.63, 3.8) is 0 Å².